The molecule has 1 aliphatic heterocycles. The van der Waals surface area contributed by atoms with Crippen molar-refractivity contribution in [3.05, 3.63) is 58.3 Å². The maximum Gasteiger partial charge on any atom is 0.229 e. The summed E-state index contributed by atoms with van der Waals surface area (Å²) in [7, 11) is 0. The smallest absolute Gasteiger partial charge is 0.229 e. The van der Waals surface area contributed by atoms with Crippen LogP contribution in [0, 0.1) is 11.7 Å². The van der Waals surface area contributed by atoms with Crippen molar-refractivity contribution in [2.24, 2.45) is 5.92 Å². The number of hydrogen-bond acceptors (Lipinski definition) is 2. The lowest BCUT2D eigenvalue weighted by Crippen LogP contribution is -2.28. The summed E-state index contributed by atoms with van der Waals surface area (Å²) in [6.45, 7) is 0.181. The van der Waals surface area contributed by atoms with Crippen molar-refractivity contribution < 1.29 is 14.0 Å². The highest BCUT2D eigenvalue weighted by atomic mass is 35.5. The molecule has 0 spiro atoms. The van der Waals surface area contributed by atoms with Crippen LogP contribution in [-0.4, -0.2) is 18.4 Å². The first-order valence-corrected chi connectivity index (χ1v) is 8.02. The number of hydrogen-bond donors (Lipinski definition) is 1. The van der Waals surface area contributed by atoms with Gasteiger partial charge in [-0.2, -0.15) is 0 Å². The Labute approximate surface area is 148 Å². The highest BCUT2D eigenvalue weighted by Gasteiger charge is 2.36. The van der Waals surface area contributed by atoms with Crippen LogP contribution in [0.4, 0.5) is 15.8 Å². The van der Waals surface area contributed by atoms with Gasteiger partial charge in [0.05, 0.1) is 22.3 Å². The first kappa shape index (κ1) is 16.7. The SMILES string of the molecule is O=C(Nc1ccccc1F)C1CC(=O)N(c2ccc(Cl)cc2Cl)C1. The molecular formula is C17H13Cl2FN2O2. The van der Waals surface area contributed by atoms with Crippen LogP contribution >= 0.6 is 23.2 Å². The standard InChI is InChI=1S/C17H13Cl2FN2O2/c18-11-5-6-15(12(19)8-11)22-9-10(7-16(22)23)17(24)21-14-4-2-1-3-13(14)20/h1-6,8,10H,7,9H2,(H,21,24). The summed E-state index contributed by atoms with van der Waals surface area (Å²) in [5, 5.41) is 3.32. The molecule has 1 N–H and O–H groups in total. The minimum absolute atomic E-state index is 0.0409. The third-order valence-corrected chi connectivity index (χ3v) is 4.37. The van der Waals surface area contributed by atoms with E-state index in [9.17, 15) is 14.0 Å². The van der Waals surface area contributed by atoms with E-state index < -0.39 is 17.6 Å². The predicted octanol–water partition coefficient (Wildman–Crippen LogP) is 4.12. The summed E-state index contributed by atoms with van der Waals surface area (Å²) in [5.74, 6) is -1.72. The van der Waals surface area contributed by atoms with Crippen LogP contribution in [0.3, 0.4) is 0 Å². The van der Waals surface area contributed by atoms with Gasteiger partial charge in [-0.15, -0.1) is 0 Å². The number of benzene rings is 2. The molecule has 7 heteroatoms. The molecule has 0 saturated carbocycles. The Bertz CT molecular complexity index is 813. The van der Waals surface area contributed by atoms with Gasteiger partial charge in [-0.25, -0.2) is 4.39 Å². The molecule has 2 aromatic rings. The molecule has 1 heterocycles. The van der Waals surface area contributed by atoms with E-state index in [0.717, 1.165) is 0 Å². The number of nitrogens with zero attached hydrogens (tertiary/aromatic N) is 1. The average Bonchev–Trinajstić information content (AvgIpc) is 2.91. The van der Waals surface area contributed by atoms with E-state index in [1.54, 1.807) is 24.3 Å². The number of halogens is 3. The Balaban J connectivity index is 1.74. The molecule has 0 bridgehead atoms. The average molecular weight is 367 g/mol. The van der Waals surface area contributed by atoms with Gasteiger partial charge >= 0.3 is 0 Å². The number of carbonyl (C=O) groups excluding carboxylic acids is 2. The monoisotopic (exact) mass is 366 g/mol. The van der Waals surface area contributed by atoms with Crippen LogP contribution in [0.1, 0.15) is 6.42 Å². The predicted molar refractivity (Wildman–Crippen MR) is 92.0 cm³/mol. The molecule has 0 aromatic heterocycles. The molecule has 1 fully saturated rings. The lowest BCUT2D eigenvalue weighted by atomic mass is 10.1. The molecule has 0 radical (unpaired) electrons. The lowest BCUT2D eigenvalue weighted by Gasteiger charge is -2.18. The lowest BCUT2D eigenvalue weighted by molar-refractivity contribution is -0.122. The molecule has 2 amide bonds. The fraction of sp³-hybridized carbons (Fsp3) is 0.176. The number of carbonyl (C=O) groups is 2. The van der Waals surface area contributed by atoms with Crippen LogP contribution < -0.4 is 10.2 Å². The van der Waals surface area contributed by atoms with E-state index in [2.05, 4.69) is 5.32 Å². The van der Waals surface area contributed by atoms with Gasteiger partial charge in [-0.3, -0.25) is 9.59 Å². The minimum Gasteiger partial charge on any atom is -0.323 e. The Morgan fingerprint density at radius 2 is 1.96 bits per heavy atom. The third-order valence-electron chi connectivity index (χ3n) is 3.83. The second kappa shape index (κ2) is 6.79. The van der Waals surface area contributed by atoms with E-state index in [4.69, 9.17) is 23.2 Å². The topological polar surface area (TPSA) is 49.4 Å². The van der Waals surface area contributed by atoms with Crippen molar-refractivity contribution in [3.8, 4) is 0 Å². The zero-order valence-corrected chi connectivity index (χ0v) is 13.9. The zero-order chi connectivity index (χ0) is 17.3. The Morgan fingerprint density at radius 1 is 1.21 bits per heavy atom. The van der Waals surface area contributed by atoms with Crippen molar-refractivity contribution in [2.45, 2.75) is 6.42 Å². The van der Waals surface area contributed by atoms with Crippen LogP contribution in [0.2, 0.25) is 10.0 Å². The van der Waals surface area contributed by atoms with Crippen molar-refractivity contribution in [1.29, 1.82) is 0 Å². The van der Waals surface area contributed by atoms with Crippen molar-refractivity contribution in [1.82, 2.24) is 0 Å². The Kier molecular flexibility index (Phi) is 4.73. The second-order valence-electron chi connectivity index (χ2n) is 5.47. The fourth-order valence-electron chi connectivity index (χ4n) is 2.61. The van der Waals surface area contributed by atoms with Crippen molar-refractivity contribution in [3.63, 3.8) is 0 Å². The highest BCUT2D eigenvalue weighted by molar-refractivity contribution is 6.36. The summed E-state index contributed by atoms with van der Waals surface area (Å²) in [6, 6.07) is 10.7. The summed E-state index contributed by atoms with van der Waals surface area (Å²) < 4.78 is 13.6. The van der Waals surface area contributed by atoms with E-state index in [0.29, 0.717) is 15.7 Å². The first-order valence-electron chi connectivity index (χ1n) is 7.26. The van der Waals surface area contributed by atoms with E-state index >= 15 is 0 Å². The van der Waals surface area contributed by atoms with Gasteiger partial charge in [0.25, 0.3) is 0 Å². The van der Waals surface area contributed by atoms with Crippen LogP contribution in [0.15, 0.2) is 42.5 Å². The van der Waals surface area contributed by atoms with Gasteiger partial charge in [-0.1, -0.05) is 35.3 Å². The molecule has 1 atom stereocenters. The largest absolute Gasteiger partial charge is 0.323 e. The van der Waals surface area contributed by atoms with Crippen LogP contribution in [0.5, 0.6) is 0 Å². The molecule has 4 nitrogen and oxygen atoms in total. The minimum atomic E-state index is -0.580. The number of amides is 2. The maximum absolute atomic E-state index is 13.6. The number of nitrogens with one attached hydrogen (secondary N) is 1. The molecule has 2 aromatic carbocycles. The third kappa shape index (κ3) is 3.37. The van der Waals surface area contributed by atoms with Crippen LogP contribution in [0.25, 0.3) is 0 Å². The summed E-state index contributed by atoms with van der Waals surface area (Å²) in [6.07, 6.45) is 0.0409. The molecule has 24 heavy (non-hydrogen) atoms. The summed E-state index contributed by atoms with van der Waals surface area (Å²) >= 11 is 12.0. The molecular weight excluding hydrogens is 354 g/mol. The first-order chi connectivity index (χ1) is 11.5. The number of para-hydroxylation sites is 1. The van der Waals surface area contributed by atoms with E-state index in [1.165, 1.54) is 23.1 Å². The molecule has 0 aliphatic carbocycles. The summed E-state index contributed by atoms with van der Waals surface area (Å²) in [5.41, 5.74) is 0.602. The van der Waals surface area contributed by atoms with Gasteiger partial charge in [-0.05, 0) is 30.3 Å². The van der Waals surface area contributed by atoms with Gasteiger partial charge in [0.1, 0.15) is 5.82 Å². The number of rotatable bonds is 3. The van der Waals surface area contributed by atoms with Gasteiger partial charge in [0, 0.05) is 18.0 Å². The molecule has 1 saturated heterocycles. The highest BCUT2D eigenvalue weighted by Crippen LogP contribution is 2.33. The fourth-order valence-corrected chi connectivity index (χ4v) is 3.12. The summed E-state index contributed by atoms with van der Waals surface area (Å²) in [4.78, 5) is 26.0. The van der Waals surface area contributed by atoms with Crippen LogP contribution in [-0.2, 0) is 9.59 Å². The van der Waals surface area contributed by atoms with Crippen molar-refractivity contribution in [2.75, 3.05) is 16.8 Å². The molecule has 1 unspecified atom stereocenters. The Morgan fingerprint density at radius 3 is 2.67 bits per heavy atom. The van der Waals surface area contributed by atoms with Gasteiger partial charge in [0.15, 0.2) is 0 Å². The van der Waals surface area contributed by atoms with E-state index in [-0.39, 0.29) is 24.6 Å². The quantitative estimate of drug-likeness (QED) is 0.887. The van der Waals surface area contributed by atoms with Crippen molar-refractivity contribution >= 4 is 46.4 Å². The zero-order valence-electron chi connectivity index (χ0n) is 12.4. The molecule has 3 rings (SSSR count). The normalized spacial score (nSPS) is 17.2. The van der Waals surface area contributed by atoms with Gasteiger partial charge in [0.2, 0.25) is 11.8 Å². The molecule has 1 aliphatic rings. The molecule has 124 valence electrons. The maximum atomic E-state index is 13.6. The Hall–Kier alpha value is -2.11. The second-order valence-corrected chi connectivity index (χ2v) is 6.31. The van der Waals surface area contributed by atoms with E-state index in [1.807, 2.05) is 0 Å². The van der Waals surface area contributed by atoms with Gasteiger partial charge < -0.3 is 10.2 Å². The number of anilines is 2.